The molecule has 0 atom stereocenters. The van der Waals surface area contributed by atoms with E-state index in [1.807, 2.05) is 24.3 Å². The number of fused-ring (bicyclic) bond motifs is 5. The molecule has 0 unspecified atom stereocenters. The third kappa shape index (κ3) is 6.71. The van der Waals surface area contributed by atoms with Gasteiger partial charge in [0, 0.05) is 27.5 Å². The molecule has 0 radical (unpaired) electrons. The van der Waals surface area contributed by atoms with Gasteiger partial charge in [-0.25, -0.2) is 15.0 Å². The minimum Gasteiger partial charge on any atom is -0.456 e. The molecular weight excluding hydrogens is 767 g/mol. The topological polar surface area (TPSA) is 51.8 Å². The Morgan fingerprint density at radius 2 is 0.714 bits per heavy atom. The highest BCUT2D eigenvalue weighted by Gasteiger charge is 2.18. The van der Waals surface area contributed by atoms with Crippen LogP contribution >= 0.6 is 0 Å². The fourth-order valence-corrected chi connectivity index (χ4v) is 8.96. The SMILES string of the molecule is c1ccc(-c2cccc(-c3nc(-c4cccc(-c5ccc6cc(-c7cccc8oc9ccccc9c78)ccc6c5)c4)nc(-c4ccccc4-c4ccc5ccccc5c4)n3)c2)cc1. The van der Waals surface area contributed by atoms with Crippen molar-refractivity contribution < 1.29 is 4.42 Å². The van der Waals surface area contributed by atoms with Crippen LogP contribution in [-0.4, -0.2) is 15.0 Å². The molecule has 12 aromatic rings. The third-order valence-electron chi connectivity index (χ3n) is 12.1. The number of hydrogen-bond donors (Lipinski definition) is 0. The molecule has 2 aromatic heterocycles. The molecule has 0 aliphatic rings. The number of furan rings is 1. The minimum absolute atomic E-state index is 0.613. The second-order valence-corrected chi connectivity index (χ2v) is 16.0. The van der Waals surface area contributed by atoms with Gasteiger partial charge in [0.15, 0.2) is 17.5 Å². The van der Waals surface area contributed by atoms with E-state index in [4.69, 9.17) is 19.4 Å². The monoisotopic (exact) mass is 803 g/mol. The molecular formula is C59H37N3O. The Morgan fingerprint density at radius 3 is 1.48 bits per heavy atom. The average molecular weight is 804 g/mol. The van der Waals surface area contributed by atoms with E-state index in [1.54, 1.807) is 0 Å². The van der Waals surface area contributed by atoms with Gasteiger partial charge in [0.1, 0.15) is 11.2 Å². The van der Waals surface area contributed by atoms with Gasteiger partial charge in [-0.05, 0) is 109 Å². The van der Waals surface area contributed by atoms with Crippen LogP contribution in [-0.2, 0) is 0 Å². The number of para-hydroxylation sites is 1. The largest absolute Gasteiger partial charge is 0.456 e. The standard InChI is InChI=1S/C59H37N3O/c1-2-13-38(14-3-1)41-17-10-19-48(36-41)57-60-58(62-59(61-57)52-22-7-6-21-50(52)46-31-27-39-15-4-5-16-40(39)34-46)49-20-11-18-42(37-49)43-28-29-45-35-47(32-30-44(45)33-43)51-24-12-26-55-56(51)53-23-8-9-25-54(53)63-55/h1-37H. The van der Waals surface area contributed by atoms with Gasteiger partial charge in [-0.1, -0.05) is 182 Å². The number of aromatic nitrogens is 3. The Bertz CT molecular complexity index is 3700. The van der Waals surface area contributed by atoms with Crippen LogP contribution in [0.3, 0.4) is 0 Å². The van der Waals surface area contributed by atoms with Gasteiger partial charge in [0.05, 0.1) is 0 Å². The van der Waals surface area contributed by atoms with Crippen molar-refractivity contribution in [2.24, 2.45) is 0 Å². The van der Waals surface area contributed by atoms with Gasteiger partial charge < -0.3 is 4.42 Å². The van der Waals surface area contributed by atoms with E-state index >= 15 is 0 Å². The zero-order valence-corrected chi connectivity index (χ0v) is 34.1. The van der Waals surface area contributed by atoms with Crippen molar-refractivity contribution in [3.05, 3.63) is 224 Å². The summed E-state index contributed by atoms with van der Waals surface area (Å²) in [5.41, 5.74) is 13.5. The van der Waals surface area contributed by atoms with E-state index < -0.39 is 0 Å². The summed E-state index contributed by atoms with van der Waals surface area (Å²) >= 11 is 0. The van der Waals surface area contributed by atoms with Crippen molar-refractivity contribution in [2.45, 2.75) is 0 Å². The Kier molecular flexibility index (Phi) is 8.79. The lowest BCUT2D eigenvalue weighted by Gasteiger charge is -2.13. The molecule has 0 N–H and O–H groups in total. The summed E-state index contributed by atoms with van der Waals surface area (Å²) in [4.78, 5) is 15.7. The maximum Gasteiger partial charge on any atom is 0.164 e. The summed E-state index contributed by atoms with van der Waals surface area (Å²) in [6.07, 6.45) is 0. The van der Waals surface area contributed by atoms with Crippen LogP contribution in [0.1, 0.15) is 0 Å². The molecule has 10 aromatic carbocycles. The van der Waals surface area contributed by atoms with Gasteiger partial charge in [0.2, 0.25) is 0 Å². The van der Waals surface area contributed by atoms with Gasteiger partial charge >= 0.3 is 0 Å². The first-order valence-electron chi connectivity index (χ1n) is 21.2. The van der Waals surface area contributed by atoms with Crippen molar-refractivity contribution in [2.75, 3.05) is 0 Å². The lowest BCUT2D eigenvalue weighted by Crippen LogP contribution is -2.01. The minimum atomic E-state index is 0.613. The summed E-state index contributed by atoms with van der Waals surface area (Å²) in [7, 11) is 0. The number of nitrogens with zero attached hydrogens (tertiary/aromatic N) is 3. The predicted octanol–water partition coefficient (Wildman–Crippen LogP) is 15.7. The van der Waals surface area contributed by atoms with E-state index in [1.165, 1.54) is 27.1 Å². The van der Waals surface area contributed by atoms with Crippen LogP contribution in [0.4, 0.5) is 0 Å². The van der Waals surface area contributed by atoms with E-state index in [2.05, 4.69) is 200 Å². The molecule has 0 aliphatic carbocycles. The summed E-state index contributed by atoms with van der Waals surface area (Å²) in [5, 5.41) is 7.00. The summed E-state index contributed by atoms with van der Waals surface area (Å²) in [6.45, 7) is 0. The van der Waals surface area contributed by atoms with Crippen molar-refractivity contribution in [1.29, 1.82) is 0 Å². The Labute approximate surface area is 364 Å². The molecule has 0 saturated heterocycles. The summed E-state index contributed by atoms with van der Waals surface area (Å²) in [5.74, 6) is 1.85. The van der Waals surface area contributed by atoms with Crippen LogP contribution in [0.25, 0.3) is 122 Å². The van der Waals surface area contributed by atoms with Crippen molar-refractivity contribution in [3.63, 3.8) is 0 Å². The smallest absolute Gasteiger partial charge is 0.164 e. The van der Waals surface area contributed by atoms with E-state index in [0.717, 1.165) is 77.6 Å². The van der Waals surface area contributed by atoms with Crippen LogP contribution in [0, 0.1) is 0 Å². The Morgan fingerprint density at radius 1 is 0.254 bits per heavy atom. The van der Waals surface area contributed by atoms with Crippen LogP contribution < -0.4 is 0 Å². The molecule has 0 spiro atoms. The van der Waals surface area contributed by atoms with Crippen molar-refractivity contribution >= 4 is 43.5 Å². The molecule has 2 heterocycles. The van der Waals surface area contributed by atoms with Crippen LogP contribution in [0.5, 0.6) is 0 Å². The summed E-state index contributed by atoms with van der Waals surface area (Å²) < 4.78 is 6.21. The van der Waals surface area contributed by atoms with Gasteiger partial charge in [-0.3, -0.25) is 0 Å². The van der Waals surface area contributed by atoms with Gasteiger partial charge in [0.25, 0.3) is 0 Å². The molecule has 0 bridgehead atoms. The van der Waals surface area contributed by atoms with E-state index in [0.29, 0.717) is 17.5 Å². The van der Waals surface area contributed by atoms with E-state index in [9.17, 15) is 0 Å². The Balaban J connectivity index is 0.956. The Hall–Kier alpha value is -8.47. The molecule has 0 saturated carbocycles. The number of hydrogen-bond acceptors (Lipinski definition) is 4. The number of rotatable bonds is 7. The molecule has 12 rings (SSSR count). The summed E-state index contributed by atoms with van der Waals surface area (Å²) in [6, 6.07) is 78.9. The maximum absolute atomic E-state index is 6.21. The molecule has 0 amide bonds. The van der Waals surface area contributed by atoms with Crippen molar-refractivity contribution in [1.82, 2.24) is 15.0 Å². The fraction of sp³-hybridized carbons (Fsp3) is 0. The van der Waals surface area contributed by atoms with Crippen LogP contribution in [0.2, 0.25) is 0 Å². The molecule has 0 aliphatic heterocycles. The normalized spacial score (nSPS) is 11.5. The second kappa shape index (κ2) is 15.2. The average Bonchev–Trinajstić information content (AvgIpc) is 3.75. The molecule has 4 nitrogen and oxygen atoms in total. The fourth-order valence-electron chi connectivity index (χ4n) is 8.96. The quantitative estimate of drug-likeness (QED) is 0.161. The predicted molar refractivity (Wildman–Crippen MR) is 260 cm³/mol. The first-order chi connectivity index (χ1) is 31.2. The van der Waals surface area contributed by atoms with Gasteiger partial charge in [-0.2, -0.15) is 0 Å². The number of benzene rings is 10. The van der Waals surface area contributed by atoms with Crippen LogP contribution in [0.15, 0.2) is 229 Å². The molecule has 294 valence electrons. The maximum atomic E-state index is 6.21. The van der Waals surface area contributed by atoms with E-state index in [-0.39, 0.29) is 0 Å². The second-order valence-electron chi connectivity index (χ2n) is 16.0. The molecule has 4 heteroatoms. The first-order valence-corrected chi connectivity index (χ1v) is 21.2. The third-order valence-corrected chi connectivity index (χ3v) is 12.1. The zero-order valence-electron chi connectivity index (χ0n) is 34.1. The first kappa shape index (κ1) is 36.4. The molecule has 0 fully saturated rings. The highest BCUT2D eigenvalue weighted by molar-refractivity contribution is 6.13. The van der Waals surface area contributed by atoms with Crippen molar-refractivity contribution in [3.8, 4) is 78.7 Å². The highest BCUT2D eigenvalue weighted by atomic mass is 16.3. The lowest BCUT2D eigenvalue weighted by atomic mass is 9.95. The van der Waals surface area contributed by atoms with Gasteiger partial charge in [-0.15, -0.1) is 0 Å². The zero-order chi connectivity index (χ0) is 41.7. The molecule has 63 heavy (non-hydrogen) atoms. The lowest BCUT2D eigenvalue weighted by molar-refractivity contribution is 0.669. The highest BCUT2D eigenvalue weighted by Crippen LogP contribution is 2.39.